The van der Waals surface area contributed by atoms with Crippen molar-refractivity contribution in [3.8, 4) is 0 Å². The van der Waals surface area contributed by atoms with Gasteiger partial charge < -0.3 is 31.1 Å². The van der Waals surface area contributed by atoms with Gasteiger partial charge in [0.25, 0.3) is 11.4 Å². The van der Waals surface area contributed by atoms with Crippen LogP contribution in [0.1, 0.15) is 13.8 Å². The van der Waals surface area contributed by atoms with Crippen LogP contribution in [0.25, 0.3) is 43.6 Å². The van der Waals surface area contributed by atoms with Gasteiger partial charge in [-0.1, -0.05) is 84.4 Å². The van der Waals surface area contributed by atoms with E-state index >= 15 is 0 Å². The molecule has 0 atom stereocenters. The molecule has 22 nitrogen and oxygen atoms in total. The molecule has 1 amide bonds. The van der Waals surface area contributed by atoms with Gasteiger partial charge in [-0.3, -0.25) is 29.8 Å². The number of non-ortho nitro benzene ring substituents is 2. The van der Waals surface area contributed by atoms with Crippen molar-refractivity contribution in [2.24, 2.45) is 0 Å². The molecule has 24 heteroatoms. The minimum Gasteiger partial charge on any atom is -0.399 e. The monoisotopic (exact) mass is 1220 g/mol. The maximum absolute atomic E-state index is 11.1. The van der Waals surface area contributed by atoms with Crippen molar-refractivity contribution in [3.05, 3.63) is 244 Å². The van der Waals surface area contributed by atoms with Crippen LogP contribution in [0.3, 0.4) is 0 Å². The van der Waals surface area contributed by atoms with E-state index in [1.54, 1.807) is 56.1 Å². The zero-order chi connectivity index (χ0) is 63.1. The highest BCUT2D eigenvalue weighted by Crippen LogP contribution is 2.33. The zero-order valence-corrected chi connectivity index (χ0v) is 49.9. The first kappa shape index (κ1) is 64.2. The molecule has 0 unspecified atom stereocenters. The Hall–Kier alpha value is -11.4. The van der Waals surface area contributed by atoms with Crippen molar-refractivity contribution in [2.45, 2.75) is 13.8 Å². The van der Waals surface area contributed by atoms with E-state index in [-0.39, 0.29) is 22.5 Å². The predicted octanol–water partition coefficient (Wildman–Crippen LogP) is 14.3. The largest absolute Gasteiger partial charge is 0.399 e. The van der Waals surface area contributed by atoms with Gasteiger partial charge in [0, 0.05) is 122 Å². The molecular formula is C64H58Cl2N16O6. The highest BCUT2D eigenvalue weighted by atomic mass is 35.5. The Bertz CT molecular complexity index is 4280. The van der Waals surface area contributed by atoms with Crippen LogP contribution in [0.5, 0.6) is 0 Å². The number of halogens is 2. The van der Waals surface area contributed by atoms with Crippen molar-refractivity contribution >= 4 is 141 Å². The molecular weight excluding hydrogens is 1160 g/mol. The number of rotatable bonds is 10. The van der Waals surface area contributed by atoms with Crippen LogP contribution in [0.15, 0.2) is 219 Å². The fourth-order valence-electron chi connectivity index (χ4n) is 8.39. The lowest BCUT2D eigenvalue weighted by atomic mass is 10.2. The minimum absolute atomic E-state index is 0.0739. The lowest BCUT2D eigenvalue weighted by molar-refractivity contribution is -0.385. The Morgan fingerprint density at radius 3 is 1.09 bits per heavy atom. The number of anilines is 9. The lowest BCUT2D eigenvalue weighted by Crippen LogP contribution is -2.11. The number of carbonyl (C=O) groups is 2. The van der Waals surface area contributed by atoms with Gasteiger partial charge in [0.05, 0.1) is 78.8 Å². The van der Waals surface area contributed by atoms with Crippen LogP contribution >= 0.6 is 23.2 Å². The third-order valence-corrected chi connectivity index (χ3v) is 13.1. The SMILES string of the molecule is CC(=O)Cl.CC(=O)Nc1ccc(N(C)c2cnnc3ccccc23)cc1.CN(c1ccc(N)cc1)c1cnnc2ccccc12.CN(c1ccc([N+](=O)[O-])cc1)c1cnnc2ccccc12.CNc1ccc([N+](=O)[O-])cc1.Clc1cnnc2ccccc12. The Kier molecular flexibility index (Phi) is 23.0. The molecule has 0 spiro atoms. The van der Waals surface area contributed by atoms with Crippen molar-refractivity contribution in [2.75, 3.05) is 59.3 Å². The van der Waals surface area contributed by atoms with Gasteiger partial charge in [0.15, 0.2) is 0 Å². The summed E-state index contributed by atoms with van der Waals surface area (Å²) in [5.74, 6) is -0.0783. The standard InChI is InChI=1S/C17H16N4O.C15H12N4O2.C15H14N4.C8H5ClN2.C7H8N2O2.C2H3ClO/c1-12(22)19-13-7-9-14(10-8-13)21(2)17-11-18-20-16-6-4-3-5-15(16)17;1-18(11-6-8-12(9-7-11)19(20)21)15-10-16-17-14-5-3-2-4-13(14)15;1-19(12-8-6-11(16)7-9-12)15-10-17-18-14-5-3-2-4-13(14)15;9-7-5-10-11-8-4-2-1-3-6(7)8;1-8-6-2-4-7(5-3-6)9(10)11;1-2(3)4/h3-11H,1-2H3,(H,19,22);2-10H,1H3;2-10H,16H2,1H3;1-5H;2-5,8H,1H3;1H3. The van der Waals surface area contributed by atoms with Gasteiger partial charge in [0.1, 0.15) is 0 Å². The van der Waals surface area contributed by atoms with Crippen molar-refractivity contribution < 1.29 is 19.4 Å². The minimum atomic E-state index is -0.417. The molecule has 4 heterocycles. The number of hydrogen-bond donors (Lipinski definition) is 3. The van der Waals surface area contributed by atoms with Crippen LogP contribution in [0.2, 0.25) is 5.02 Å². The highest BCUT2D eigenvalue weighted by molar-refractivity contribution is 6.62. The van der Waals surface area contributed by atoms with E-state index < -0.39 is 9.85 Å². The van der Waals surface area contributed by atoms with Gasteiger partial charge in [-0.2, -0.15) is 40.8 Å². The van der Waals surface area contributed by atoms with Gasteiger partial charge in [-0.25, -0.2) is 0 Å². The van der Waals surface area contributed by atoms with Crippen LogP contribution in [-0.4, -0.2) is 90.0 Å². The number of nitrogen functional groups attached to an aromatic ring is 1. The number of aromatic nitrogens is 8. The lowest BCUT2D eigenvalue weighted by Gasteiger charge is -2.20. The van der Waals surface area contributed by atoms with Crippen LogP contribution in [0, 0.1) is 20.2 Å². The number of nitro benzene ring substituents is 2. The molecule has 88 heavy (non-hydrogen) atoms. The fraction of sp³-hybridized carbons (Fsp3) is 0.0938. The average molecular weight is 1220 g/mol. The molecule has 0 aliphatic heterocycles. The Balaban J connectivity index is 0.000000158. The summed E-state index contributed by atoms with van der Waals surface area (Å²) in [5, 5.41) is 63.0. The van der Waals surface area contributed by atoms with Gasteiger partial charge in [-0.05, 0) is 109 Å². The summed E-state index contributed by atoms with van der Waals surface area (Å²) < 4.78 is 0. The number of benzene rings is 8. The van der Waals surface area contributed by atoms with Crippen molar-refractivity contribution in [1.82, 2.24) is 40.8 Å². The van der Waals surface area contributed by atoms with E-state index in [2.05, 4.69) is 72.8 Å². The third kappa shape index (κ3) is 17.8. The van der Waals surface area contributed by atoms with E-state index in [1.807, 2.05) is 172 Å². The molecule has 12 aromatic rings. The molecule has 0 aliphatic carbocycles. The van der Waals surface area contributed by atoms with E-state index in [0.717, 1.165) is 94.8 Å². The number of carbonyl (C=O) groups excluding carboxylic acids is 2. The van der Waals surface area contributed by atoms with E-state index in [1.165, 1.54) is 38.1 Å². The number of hydrogen-bond acceptors (Lipinski definition) is 19. The van der Waals surface area contributed by atoms with Crippen LogP contribution in [-0.2, 0) is 9.59 Å². The number of nitrogens with one attached hydrogen (secondary N) is 2. The Morgan fingerprint density at radius 2 is 0.750 bits per heavy atom. The zero-order valence-electron chi connectivity index (χ0n) is 48.4. The number of nitro groups is 2. The molecule has 0 aliphatic rings. The second-order valence-corrected chi connectivity index (χ2v) is 19.7. The molecule has 8 aromatic carbocycles. The van der Waals surface area contributed by atoms with Crippen molar-refractivity contribution in [3.63, 3.8) is 0 Å². The normalized spacial score (nSPS) is 10.1. The van der Waals surface area contributed by atoms with Crippen molar-refractivity contribution in [1.29, 1.82) is 0 Å². The second-order valence-electron chi connectivity index (χ2n) is 18.7. The number of fused-ring (bicyclic) bond motifs is 4. The molecule has 0 radical (unpaired) electrons. The van der Waals surface area contributed by atoms with Gasteiger partial charge >= 0.3 is 0 Å². The topological polar surface area (TPSA) is 283 Å². The smallest absolute Gasteiger partial charge is 0.269 e. The summed E-state index contributed by atoms with van der Waals surface area (Å²) >= 11 is 10.5. The summed E-state index contributed by atoms with van der Waals surface area (Å²) in [6.07, 6.45) is 6.76. The van der Waals surface area contributed by atoms with Gasteiger partial charge in [-0.15, -0.1) is 0 Å². The number of nitrogens with two attached hydrogens (primary N) is 1. The second kappa shape index (κ2) is 31.5. The maximum atomic E-state index is 11.1. The maximum Gasteiger partial charge on any atom is 0.269 e. The quantitative estimate of drug-likeness (QED) is 0.0496. The molecule has 0 saturated heterocycles. The summed E-state index contributed by atoms with van der Waals surface area (Å²) in [4.78, 5) is 46.4. The first-order chi connectivity index (χ1) is 42.4. The predicted molar refractivity (Wildman–Crippen MR) is 351 cm³/mol. The summed E-state index contributed by atoms with van der Waals surface area (Å²) in [7, 11) is 7.65. The summed E-state index contributed by atoms with van der Waals surface area (Å²) in [5.41, 5.74) is 17.5. The molecule has 4 aromatic heterocycles. The van der Waals surface area contributed by atoms with E-state index in [0.29, 0.717) is 5.02 Å². The number of nitrogens with zero attached hydrogens (tertiary/aromatic N) is 13. The molecule has 0 fully saturated rings. The number of amides is 1. The highest BCUT2D eigenvalue weighted by Gasteiger charge is 2.14. The molecule has 0 saturated carbocycles. The summed E-state index contributed by atoms with van der Waals surface area (Å²) in [6.45, 7) is 2.79. The third-order valence-electron chi connectivity index (χ3n) is 12.8. The molecule has 4 N–H and O–H groups in total. The molecule has 444 valence electrons. The fourth-order valence-corrected chi connectivity index (χ4v) is 8.59. The van der Waals surface area contributed by atoms with Crippen LogP contribution < -0.4 is 31.1 Å². The molecule has 12 rings (SSSR count). The van der Waals surface area contributed by atoms with E-state index in [9.17, 15) is 29.8 Å². The average Bonchev–Trinajstić information content (AvgIpc) is 2.45. The Labute approximate surface area is 515 Å². The van der Waals surface area contributed by atoms with Crippen LogP contribution in [0.4, 0.5) is 62.6 Å². The summed E-state index contributed by atoms with van der Waals surface area (Å²) in [6, 6.07) is 59.4. The first-order valence-corrected chi connectivity index (χ1v) is 27.4. The van der Waals surface area contributed by atoms with E-state index in [4.69, 9.17) is 17.3 Å². The van der Waals surface area contributed by atoms with Gasteiger partial charge in [0.2, 0.25) is 11.1 Å². The Morgan fingerprint density at radius 1 is 0.455 bits per heavy atom. The first-order valence-electron chi connectivity index (χ1n) is 26.7. The molecule has 0 bridgehead atoms.